The molecule has 1 heterocycles. The lowest BCUT2D eigenvalue weighted by molar-refractivity contribution is -0.127. The highest BCUT2D eigenvalue weighted by Crippen LogP contribution is 2.27. The number of terminal acetylenes is 1. The second-order valence-electron chi connectivity index (χ2n) is 6.60. The minimum absolute atomic E-state index is 0.0921. The van der Waals surface area contributed by atoms with E-state index < -0.39 is 5.92 Å². The van der Waals surface area contributed by atoms with Crippen LogP contribution < -0.4 is 20.3 Å². The molecule has 1 aliphatic heterocycles. The van der Waals surface area contributed by atoms with Crippen molar-refractivity contribution in [1.82, 2.24) is 5.32 Å². The Morgan fingerprint density at radius 1 is 1.24 bits per heavy atom. The first-order valence-electron chi connectivity index (χ1n) is 9.09. The Labute approximate surface area is 169 Å². The van der Waals surface area contributed by atoms with Crippen LogP contribution in [0.5, 0.6) is 5.75 Å². The predicted octanol–water partition coefficient (Wildman–Crippen LogP) is 1.78. The van der Waals surface area contributed by atoms with E-state index in [0.29, 0.717) is 22.7 Å². The number of ether oxygens (including phenoxy) is 1. The number of nitrogens with one attached hydrogen (secondary N) is 2. The molecule has 1 atom stereocenters. The highest BCUT2D eigenvalue weighted by Gasteiger charge is 2.35. The van der Waals surface area contributed by atoms with E-state index in [1.165, 1.54) is 0 Å². The van der Waals surface area contributed by atoms with Gasteiger partial charge in [0.1, 0.15) is 5.75 Å². The summed E-state index contributed by atoms with van der Waals surface area (Å²) in [5.41, 5.74) is 1.88. The van der Waals surface area contributed by atoms with Crippen LogP contribution in [-0.2, 0) is 14.4 Å². The third kappa shape index (κ3) is 4.93. The zero-order valence-electron chi connectivity index (χ0n) is 16.0. The summed E-state index contributed by atoms with van der Waals surface area (Å²) in [5, 5.41) is 5.27. The molecule has 29 heavy (non-hydrogen) atoms. The molecule has 2 aromatic carbocycles. The molecule has 0 bridgehead atoms. The van der Waals surface area contributed by atoms with Gasteiger partial charge in [0, 0.05) is 36.0 Å². The fraction of sp³-hybridized carbons (Fsp3) is 0.227. The lowest BCUT2D eigenvalue weighted by Crippen LogP contribution is -2.37. The molecule has 7 nitrogen and oxygen atoms in total. The third-order valence-electron chi connectivity index (χ3n) is 4.60. The third-order valence-corrected chi connectivity index (χ3v) is 4.60. The highest BCUT2D eigenvalue weighted by molar-refractivity contribution is 6.01. The minimum atomic E-state index is -0.522. The van der Waals surface area contributed by atoms with Crippen LogP contribution in [0, 0.1) is 18.3 Å². The van der Waals surface area contributed by atoms with Crippen molar-refractivity contribution in [2.45, 2.75) is 6.42 Å². The van der Waals surface area contributed by atoms with Crippen molar-refractivity contribution in [3.05, 3.63) is 54.1 Å². The Hall–Kier alpha value is -3.79. The average molecular weight is 391 g/mol. The summed E-state index contributed by atoms with van der Waals surface area (Å²) >= 11 is 0. The van der Waals surface area contributed by atoms with Crippen molar-refractivity contribution in [3.63, 3.8) is 0 Å². The van der Waals surface area contributed by atoms with Crippen LogP contribution in [0.4, 0.5) is 11.4 Å². The van der Waals surface area contributed by atoms with Gasteiger partial charge in [-0.15, -0.1) is 6.42 Å². The largest absolute Gasteiger partial charge is 0.497 e. The minimum Gasteiger partial charge on any atom is -0.497 e. The van der Waals surface area contributed by atoms with Gasteiger partial charge in [0.2, 0.25) is 17.7 Å². The smallest absolute Gasteiger partial charge is 0.243 e. The maximum Gasteiger partial charge on any atom is 0.243 e. The molecule has 1 fully saturated rings. The summed E-state index contributed by atoms with van der Waals surface area (Å²) in [7, 11) is 1.55. The van der Waals surface area contributed by atoms with E-state index in [-0.39, 0.29) is 37.2 Å². The van der Waals surface area contributed by atoms with Crippen LogP contribution in [0.1, 0.15) is 12.0 Å². The molecule has 0 unspecified atom stereocenters. The molecule has 148 valence electrons. The Morgan fingerprint density at radius 3 is 2.79 bits per heavy atom. The van der Waals surface area contributed by atoms with E-state index in [0.717, 1.165) is 0 Å². The Balaban J connectivity index is 1.53. The SMILES string of the molecule is C#Cc1cccc(NC(=O)CNC(=O)[C@H]2CC(=O)N(c3cccc(OC)c3)C2)c1. The van der Waals surface area contributed by atoms with Gasteiger partial charge in [-0.1, -0.05) is 18.1 Å². The number of rotatable bonds is 6. The standard InChI is InChI=1S/C22H21N3O4/c1-3-15-6-4-7-17(10-15)24-20(26)13-23-22(28)16-11-21(27)25(14-16)18-8-5-9-19(12-18)29-2/h1,4-10,12,16H,11,13-14H2,2H3,(H,23,28)(H,24,26)/t16-/m0/s1. The van der Waals surface area contributed by atoms with Gasteiger partial charge in [-0.2, -0.15) is 0 Å². The number of hydrogen-bond donors (Lipinski definition) is 2. The Kier molecular flexibility index (Phi) is 6.15. The van der Waals surface area contributed by atoms with E-state index in [1.807, 2.05) is 0 Å². The zero-order chi connectivity index (χ0) is 20.8. The fourth-order valence-electron chi connectivity index (χ4n) is 3.11. The van der Waals surface area contributed by atoms with E-state index in [4.69, 9.17) is 11.2 Å². The maximum atomic E-state index is 12.4. The first-order valence-corrected chi connectivity index (χ1v) is 9.09. The van der Waals surface area contributed by atoms with Crippen LogP contribution in [0.3, 0.4) is 0 Å². The van der Waals surface area contributed by atoms with Crippen molar-refractivity contribution in [1.29, 1.82) is 0 Å². The first kappa shape index (κ1) is 20.0. The lowest BCUT2D eigenvalue weighted by atomic mass is 10.1. The summed E-state index contributed by atoms with van der Waals surface area (Å²) < 4.78 is 5.18. The summed E-state index contributed by atoms with van der Waals surface area (Å²) in [6.07, 6.45) is 5.43. The first-order chi connectivity index (χ1) is 14.0. The number of amides is 3. The van der Waals surface area contributed by atoms with Crippen molar-refractivity contribution in [3.8, 4) is 18.1 Å². The second kappa shape index (κ2) is 8.93. The lowest BCUT2D eigenvalue weighted by Gasteiger charge is -2.17. The number of benzene rings is 2. The number of nitrogens with zero attached hydrogens (tertiary/aromatic N) is 1. The van der Waals surface area contributed by atoms with Crippen LogP contribution in [0.2, 0.25) is 0 Å². The van der Waals surface area contributed by atoms with E-state index in [2.05, 4.69) is 16.6 Å². The molecule has 1 aliphatic rings. The molecule has 0 radical (unpaired) electrons. The van der Waals surface area contributed by atoms with E-state index >= 15 is 0 Å². The maximum absolute atomic E-state index is 12.4. The zero-order valence-corrected chi connectivity index (χ0v) is 16.0. The fourth-order valence-corrected chi connectivity index (χ4v) is 3.11. The van der Waals surface area contributed by atoms with E-state index in [1.54, 1.807) is 60.5 Å². The second-order valence-corrected chi connectivity index (χ2v) is 6.60. The number of carbonyl (C=O) groups is 3. The van der Waals surface area contributed by atoms with Gasteiger partial charge < -0.3 is 20.3 Å². The van der Waals surface area contributed by atoms with Crippen molar-refractivity contribution in [2.24, 2.45) is 5.92 Å². The Bertz CT molecular complexity index is 980. The molecule has 3 rings (SSSR count). The molecule has 2 N–H and O–H groups in total. The quantitative estimate of drug-likeness (QED) is 0.735. The topological polar surface area (TPSA) is 87.7 Å². The number of carbonyl (C=O) groups excluding carboxylic acids is 3. The number of hydrogen-bond acceptors (Lipinski definition) is 4. The van der Waals surface area contributed by atoms with Crippen molar-refractivity contribution in [2.75, 3.05) is 30.4 Å². The summed E-state index contributed by atoms with van der Waals surface area (Å²) in [6, 6.07) is 14.0. The molecule has 0 aliphatic carbocycles. The summed E-state index contributed by atoms with van der Waals surface area (Å²) in [4.78, 5) is 38.4. The van der Waals surface area contributed by atoms with Gasteiger partial charge in [-0.05, 0) is 30.3 Å². The Morgan fingerprint density at radius 2 is 2.03 bits per heavy atom. The van der Waals surface area contributed by atoms with Crippen molar-refractivity contribution >= 4 is 29.1 Å². The summed E-state index contributed by atoms with van der Waals surface area (Å²) in [5.74, 6) is 1.75. The van der Waals surface area contributed by atoms with Crippen LogP contribution in [0.15, 0.2) is 48.5 Å². The normalized spacial score (nSPS) is 15.5. The summed E-state index contributed by atoms with van der Waals surface area (Å²) in [6.45, 7) is 0.0621. The van der Waals surface area contributed by atoms with Gasteiger partial charge in [-0.3, -0.25) is 14.4 Å². The molecule has 3 amide bonds. The molecule has 0 aromatic heterocycles. The molecular formula is C22H21N3O4. The number of anilines is 2. The van der Waals surface area contributed by atoms with Crippen LogP contribution in [-0.4, -0.2) is 37.9 Å². The molecule has 0 saturated carbocycles. The van der Waals surface area contributed by atoms with E-state index in [9.17, 15) is 14.4 Å². The highest BCUT2D eigenvalue weighted by atomic mass is 16.5. The molecule has 1 saturated heterocycles. The molecule has 0 spiro atoms. The molecule has 2 aromatic rings. The van der Waals surface area contributed by atoms with Crippen LogP contribution in [0.25, 0.3) is 0 Å². The van der Waals surface area contributed by atoms with Gasteiger partial charge in [0.25, 0.3) is 0 Å². The average Bonchev–Trinajstić information content (AvgIpc) is 3.14. The van der Waals surface area contributed by atoms with Gasteiger partial charge in [-0.25, -0.2) is 0 Å². The van der Waals surface area contributed by atoms with Gasteiger partial charge in [0.05, 0.1) is 19.6 Å². The van der Waals surface area contributed by atoms with Gasteiger partial charge >= 0.3 is 0 Å². The molecule has 7 heteroatoms. The van der Waals surface area contributed by atoms with Crippen LogP contribution >= 0.6 is 0 Å². The van der Waals surface area contributed by atoms with Crippen molar-refractivity contribution < 1.29 is 19.1 Å². The molecular weight excluding hydrogens is 370 g/mol. The monoisotopic (exact) mass is 391 g/mol. The number of methoxy groups -OCH3 is 1. The van der Waals surface area contributed by atoms with Gasteiger partial charge in [0.15, 0.2) is 0 Å². The predicted molar refractivity (Wildman–Crippen MR) is 109 cm³/mol.